The van der Waals surface area contributed by atoms with Crippen molar-refractivity contribution in [1.82, 2.24) is 15.5 Å². The van der Waals surface area contributed by atoms with Crippen molar-refractivity contribution in [1.29, 1.82) is 0 Å². The summed E-state index contributed by atoms with van der Waals surface area (Å²) in [4.78, 5) is 77.5. The second kappa shape index (κ2) is 24.5. The molecule has 0 fully saturated rings. The van der Waals surface area contributed by atoms with Gasteiger partial charge >= 0.3 is 23.9 Å². The zero-order chi connectivity index (χ0) is 46.0. The summed E-state index contributed by atoms with van der Waals surface area (Å²) >= 11 is 0. The Morgan fingerprint density at radius 2 is 1.20 bits per heavy atom. The van der Waals surface area contributed by atoms with Crippen molar-refractivity contribution in [3.63, 3.8) is 0 Å². The average molecular weight is 877 g/mol. The van der Waals surface area contributed by atoms with Gasteiger partial charge in [0.05, 0.1) is 25.3 Å². The van der Waals surface area contributed by atoms with Crippen LogP contribution in [-0.4, -0.2) is 107 Å². The molecule has 64 heavy (non-hydrogen) atoms. The molecule has 6 rings (SSSR count). The molecule has 0 bridgehead atoms. The van der Waals surface area contributed by atoms with E-state index in [1.54, 1.807) is 32.9 Å². The number of anilines is 1. The van der Waals surface area contributed by atoms with Crippen LogP contribution in [0.5, 0.6) is 0 Å². The number of ether oxygens (including phenoxy) is 2. The number of carboxylic acid groups (broad SMARTS) is 2. The van der Waals surface area contributed by atoms with Crippen molar-refractivity contribution >= 4 is 41.4 Å². The van der Waals surface area contributed by atoms with E-state index >= 15 is 0 Å². The van der Waals surface area contributed by atoms with E-state index in [1.807, 2.05) is 97.1 Å². The monoisotopic (exact) mass is 876 g/mol. The fourth-order valence-electron chi connectivity index (χ4n) is 8.26. The molecule has 4 atom stereocenters. The topological polar surface area (TPSA) is 192 Å². The number of carbonyl (C=O) groups excluding carboxylic acids is 4. The number of para-hydroxylation sites is 1. The van der Waals surface area contributed by atoms with E-state index in [1.165, 1.54) is 9.80 Å². The highest BCUT2D eigenvalue weighted by molar-refractivity contribution is 6.02. The summed E-state index contributed by atoms with van der Waals surface area (Å²) in [5.74, 6) is -3.64. The predicted octanol–water partition coefficient (Wildman–Crippen LogP) is 5.18. The number of hydrogen-bond acceptors (Lipinski definition) is 10. The summed E-state index contributed by atoms with van der Waals surface area (Å²) < 4.78 is 10.5. The van der Waals surface area contributed by atoms with Crippen LogP contribution in [0.15, 0.2) is 109 Å². The summed E-state index contributed by atoms with van der Waals surface area (Å²) in [6.45, 7) is 4.85. The third-order valence-corrected chi connectivity index (χ3v) is 11.4. The molecule has 2 aliphatic rings. The Bertz CT molecular complexity index is 2160. The molecule has 1 aliphatic carbocycles. The molecule has 0 saturated carbocycles. The Hall–Kier alpha value is -6.38. The number of aryl methyl sites for hydroxylation is 3. The van der Waals surface area contributed by atoms with Gasteiger partial charge < -0.3 is 24.6 Å². The average Bonchev–Trinajstić information content (AvgIpc) is 3.68. The maximum atomic E-state index is 13.4. The number of carboxylic acids is 2. The smallest absolute Gasteiger partial charge is 0.323 e. The number of nitrogens with one attached hydrogen (secondary N) is 2. The number of nitrogens with zero attached hydrogens (tertiary/aromatic N) is 2. The minimum Gasteiger partial charge on any atom is -0.480 e. The lowest BCUT2D eigenvalue weighted by atomic mass is 10.0. The molecule has 2 amide bonds. The first-order valence-electron chi connectivity index (χ1n) is 22.0. The van der Waals surface area contributed by atoms with Gasteiger partial charge in [0.15, 0.2) is 0 Å². The highest BCUT2D eigenvalue weighted by atomic mass is 16.5. The zero-order valence-corrected chi connectivity index (χ0v) is 36.8. The Balaban J connectivity index is 0.000000241. The van der Waals surface area contributed by atoms with Crippen LogP contribution in [-0.2, 0) is 70.3 Å². The van der Waals surface area contributed by atoms with Gasteiger partial charge in [-0.15, -0.1) is 0 Å². The van der Waals surface area contributed by atoms with Gasteiger partial charge in [-0.3, -0.25) is 44.3 Å². The number of hydrogen-bond donors (Lipinski definition) is 4. The van der Waals surface area contributed by atoms with Gasteiger partial charge in [0.25, 0.3) is 0 Å². The first-order valence-corrected chi connectivity index (χ1v) is 22.0. The lowest BCUT2D eigenvalue weighted by molar-refractivity contribution is -0.149. The number of fused-ring (bicyclic) bond motifs is 2. The lowest BCUT2D eigenvalue weighted by Gasteiger charge is -2.31. The molecule has 340 valence electrons. The van der Waals surface area contributed by atoms with E-state index in [2.05, 4.69) is 10.6 Å². The number of benzene rings is 4. The maximum absolute atomic E-state index is 13.4. The molecule has 0 unspecified atom stereocenters. The molecule has 4 N–H and O–H groups in total. The minimum atomic E-state index is -1.09. The van der Waals surface area contributed by atoms with Crippen LogP contribution >= 0.6 is 0 Å². The van der Waals surface area contributed by atoms with Gasteiger partial charge in [-0.25, -0.2) is 0 Å². The van der Waals surface area contributed by atoms with Gasteiger partial charge in [-0.1, -0.05) is 103 Å². The van der Waals surface area contributed by atoms with E-state index in [0.29, 0.717) is 57.1 Å². The molecule has 14 nitrogen and oxygen atoms in total. The summed E-state index contributed by atoms with van der Waals surface area (Å²) in [5, 5.41) is 25.1. The number of esters is 2. The third-order valence-electron chi connectivity index (χ3n) is 11.4. The van der Waals surface area contributed by atoms with E-state index in [0.717, 1.165) is 27.8 Å². The number of carbonyl (C=O) groups is 6. The lowest BCUT2D eigenvalue weighted by Crippen LogP contribution is -2.54. The Morgan fingerprint density at radius 3 is 1.73 bits per heavy atom. The maximum Gasteiger partial charge on any atom is 0.323 e. The molecule has 0 radical (unpaired) electrons. The van der Waals surface area contributed by atoms with Crippen LogP contribution in [0.2, 0.25) is 0 Å². The van der Waals surface area contributed by atoms with E-state index in [9.17, 15) is 39.0 Å². The van der Waals surface area contributed by atoms with Gasteiger partial charge in [0, 0.05) is 11.7 Å². The Morgan fingerprint density at radius 1 is 0.703 bits per heavy atom. The molecule has 1 heterocycles. The third kappa shape index (κ3) is 14.1. The highest BCUT2D eigenvalue weighted by Crippen LogP contribution is 2.28. The molecule has 4 aromatic rings. The molecule has 1 aliphatic heterocycles. The van der Waals surface area contributed by atoms with Crippen LogP contribution in [0.1, 0.15) is 67.9 Å². The Kier molecular flexibility index (Phi) is 18.6. The molecule has 0 spiro atoms. The summed E-state index contributed by atoms with van der Waals surface area (Å²) in [6, 6.07) is 31.9. The SMILES string of the molecule is CCOC(=O)[C@H](CCc1ccccc1)N[C@@H](C)C(=O)N(CC(=O)O)C1Cc2ccccc2C1.CCOC(=O)[C@H](CCc1ccccc1)N[C@H]1CCc2ccccc2N(CC(=O)O)C1=O. The summed E-state index contributed by atoms with van der Waals surface area (Å²) in [6.07, 6.45) is 4.55. The van der Waals surface area contributed by atoms with Crippen molar-refractivity contribution in [3.05, 3.63) is 137 Å². The fourth-order valence-corrected chi connectivity index (χ4v) is 8.26. The Labute approximate surface area is 374 Å². The molecule has 0 saturated heterocycles. The molecule has 0 aromatic heterocycles. The first kappa shape index (κ1) is 48.6. The van der Waals surface area contributed by atoms with Crippen LogP contribution in [0.4, 0.5) is 5.69 Å². The molecule has 4 aromatic carbocycles. The van der Waals surface area contributed by atoms with Crippen LogP contribution < -0.4 is 15.5 Å². The normalized spacial score (nSPS) is 15.8. The minimum absolute atomic E-state index is 0.222. The van der Waals surface area contributed by atoms with Gasteiger partial charge in [-0.05, 0) is 106 Å². The van der Waals surface area contributed by atoms with E-state index < -0.39 is 54.6 Å². The standard InChI is InChI=1S/C26H32N2O5.C24H28N2O5/c1-3-33-26(32)23(14-13-19-9-5-4-6-10-19)27-18(2)25(31)28(17-24(29)30)22-15-20-11-7-8-12-21(20)16-22;1-2-31-24(30)20(14-12-17-8-4-3-5-9-17)25-19-15-13-18-10-6-7-11-21(18)26(23(19)29)16-22(27)28/h4-12,18,22-23,27H,3,13-17H2,1-2H3,(H,29,30);3-11,19-20,25H,2,12-16H2,1H3,(H,27,28)/t18-,23-;19-,20-/m00/s1. The molecule has 14 heteroatoms. The zero-order valence-electron chi connectivity index (χ0n) is 36.8. The van der Waals surface area contributed by atoms with Crippen molar-refractivity contribution in [3.8, 4) is 0 Å². The summed E-state index contributed by atoms with van der Waals surface area (Å²) in [5.41, 5.74) is 5.97. The quantitative estimate of drug-likeness (QED) is 0.0853. The van der Waals surface area contributed by atoms with Crippen molar-refractivity contribution in [2.75, 3.05) is 31.2 Å². The first-order chi connectivity index (χ1) is 30.9. The molecular weight excluding hydrogens is 817 g/mol. The van der Waals surface area contributed by atoms with Crippen molar-refractivity contribution < 1.29 is 48.5 Å². The highest BCUT2D eigenvalue weighted by Gasteiger charge is 2.36. The predicted molar refractivity (Wildman–Crippen MR) is 242 cm³/mol. The van der Waals surface area contributed by atoms with Gasteiger partial charge in [0.2, 0.25) is 11.8 Å². The van der Waals surface area contributed by atoms with Crippen LogP contribution in [0, 0.1) is 0 Å². The van der Waals surface area contributed by atoms with E-state index in [-0.39, 0.29) is 37.6 Å². The largest absolute Gasteiger partial charge is 0.480 e. The van der Waals surface area contributed by atoms with E-state index in [4.69, 9.17) is 9.47 Å². The van der Waals surface area contributed by atoms with Crippen LogP contribution in [0.25, 0.3) is 0 Å². The summed E-state index contributed by atoms with van der Waals surface area (Å²) in [7, 11) is 0. The number of aliphatic carboxylic acids is 2. The van der Waals surface area contributed by atoms with Gasteiger partial charge in [0.1, 0.15) is 25.2 Å². The fraction of sp³-hybridized carbons (Fsp3) is 0.400. The second-order valence-electron chi connectivity index (χ2n) is 15.9. The van der Waals surface area contributed by atoms with Gasteiger partial charge in [-0.2, -0.15) is 0 Å². The van der Waals surface area contributed by atoms with Crippen molar-refractivity contribution in [2.24, 2.45) is 0 Å². The van der Waals surface area contributed by atoms with Crippen molar-refractivity contribution in [2.45, 2.75) is 102 Å². The second-order valence-corrected chi connectivity index (χ2v) is 15.9. The van der Waals surface area contributed by atoms with Crippen LogP contribution in [0.3, 0.4) is 0 Å². The number of amides is 2. The molecular formula is C50H60N4O10. The number of rotatable bonds is 20.